The molecule has 0 saturated carbocycles. The normalized spacial score (nSPS) is 13.2. The molecule has 0 aromatic heterocycles. The molecule has 1 N–H and O–H groups in total. The zero-order valence-electron chi connectivity index (χ0n) is 9.24. The number of aliphatic hydroxyl groups excluding tert-OH is 1. The van der Waals surface area contributed by atoms with Crippen molar-refractivity contribution in [3.63, 3.8) is 0 Å². The molecular formula is C12H21ClNO+. The number of alkyl halides is 1. The van der Waals surface area contributed by atoms with Gasteiger partial charge in [-0.15, -0.1) is 11.6 Å². The minimum absolute atomic E-state index is 0.255. The number of hydrogen-bond donors (Lipinski definition) is 1. The van der Waals surface area contributed by atoms with Crippen LogP contribution >= 0.6 is 11.6 Å². The van der Waals surface area contributed by atoms with Crippen LogP contribution in [0.4, 0.5) is 0 Å². The van der Waals surface area contributed by atoms with E-state index >= 15 is 0 Å². The van der Waals surface area contributed by atoms with Crippen molar-refractivity contribution in [2.45, 2.75) is 6.10 Å². The quantitative estimate of drug-likeness (QED) is 0.365. The van der Waals surface area contributed by atoms with Crippen molar-refractivity contribution >= 4 is 11.6 Å². The SMILES string of the molecule is C=CC[N+](CC=C)(CC=C)CC(O)CCl. The van der Waals surface area contributed by atoms with Crippen molar-refractivity contribution in [2.24, 2.45) is 0 Å². The lowest BCUT2D eigenvalue weighted by Crippen LogP contribution is -2.53. The lowest BCUT2D eigenvalue weighted by Gasteiger charge is -2.37. The fourth-order valence-corrected chi connectivity index (χ4v) is 1.86. The third-order valence-corrected chi connectivity index (χ3v) is 2.68. The van der Waals surface area contributed by atoms with Crippen LogP contribution in [-0.2, 0) is 0 Å². The second kappa shape index (κ2) is 7.69. The summed E-state index contributed by atoms with van der Waals surface area (Å²) < 4.78 is 0.685. The Morgan fingerprint density at radius 2 is 1.47 bits per heavy atom. The molecule has 0 spiro atoms. The van der Waals surface area contributed by atoms with E-state index in [1.165, 1.54) is 0 Å². The van der Waals surface area contributed by atoms with Crippen molar-refractivity contribution in [2.75, 3.05) is 32.1 Å². The zero-order valence-corrected chi connectivity index (χ0v) is 9.99. The van der Waals surface area contributed by atoms with Crippen LogP contribution in [0.25, 0.3) is 0 Å². The third kappa shape index (κ3) is 5.17. The van der Waals surface area contributed by atoms with E-state index < -0.39 is 6.10 Å². The van der Waals surface area contributed by atoms with Gasteiger partial charge < -0.3 is 9.59 Å². The summed E-state index contributed by atoms with van der Waals surface area (Å²) in [5.74, 6) is 0.255. The number of halogens is 1. The van der Waals surface area contributed by atoms with E-state index in [0.29, 0.717) is 11.0 Å². The average Bonchev–Trinajstić information content (AvgIpc) is 2.18. The lowest BCUT2D eigenvalue weighted by molar-refractivity contribution is -0.914. The molecule has 0 rings (SSSR count). The summed E-state index contributed by atoms with van der Waals surface area (Å²) in [5.41, 5.74) is 0. The summed E-state index contributed by atoms with van der Waals surface area (Å²) in [4.78, 5) is 0. The monoisotopic (exact) mass is 230 g/mol. The minimum atomic E-state index is -0.494. The fourth-order valence-electron chi connectivity index (χ4n) is 1.76. The molecule has 0 amide bonds. The van der Waals surface area contributed by atoms with Gasteiger partial charge in [-0.05, 0) is 18.2 Å². The van der Waals surface area contributed by atoms with Crippen molar-refractivity contribution < 1.29 is 9.59 Å². The maximum absolute atomic E-state index is 9.62. The zero-order chi connectivity index (χ0) is 11.7. The summed E-state index contributed by atoms with van der Waals surface area (Å²) in [6, 6.07) is 0. The molecule has 86 valence electrons. The van der Waals surface area contributed by atoms with Gasteiger partial charge in [0.1, 0.15) is 12.6 Å². The van der Waals surface area contributed by atoms with Gasteiger partial charge in [-0.25, -0.2) is 0 Å². The van der Waals surface area contributed by atoms with E-state index in [0.717, 1.165) is 19.6 Å². The topological polar surface area (TPSA) is 20.2 Å². The van der Waals surface area contributed by atoms with Gasteiger partial charge in [-0.2, -0.15) is 0 Å². The Morgan fingerprint density at radius 3 is 1.73 bits per heavy atom. The first-order valence-corrected chi connectivity index (χ1v) is 5.59. The summed E-state index contributed by atoms with van der Waals surface area (Å²) >= 11 is 5.62. The molecule has 0 aliphatic heterocycles. The van der Waals surface area contributed by atoms with Gasteiger partial charge in [-0.3, -0.25) is 0 Å². The van der Waals surface area contributed by atoms with Crippen LogP contribution < -0.4 is 0 Å². The number of nitrogens with zero attached hydrogens (tertiary/aromatic N) is 1. The van der Waals surface area contributed by atoms with Crippen LogP contribution in [0.5, 0.6) is 0 Å². The molecule has 0 saturated heterocycles. The number of quaternary nitrogens is 1. The van der Waals surface area contributed by atoms with Crippen LogP contribution in [-0.4, -0.2) is 47.8 Å². The molecule has 0 radical (unpaired) electrons. The highest BCUT2D eigenvalue weighted by atomic mass is 35.5. The highest BCUT2D eigenvalue weighted by Gasteiger charge is 2.26. The summed E-state index contributed by atoms with van der Waals surface area (Å²) in [6.07, 6.45) is 5.07. The maximum Gasteiger partial charge on any atom is 0.116 e. The van der Waals surface area contributed by atoms with E-state index in [1.54, 1.807) is 0 Å². The second-order valence-electron chi connectivity index (χ2n) is 3.75. The first-order chi connectivity index (χ1) is 7.14. The smallest absolute Gasteiger partial charge is 0.116 e. The Balaban J connectivity index is 4.65. The van der Waals surface area contributed by atoms with E-state index in [9.17, 15) is 5.11 Å². The Kier molecular flexibility index (Phi) is 7.39. The van der Waals surface area contributed by atoms with Crippen LogP contribution in [0.15, 0.2) is 38.0 Å². The first kappa shape index (κ1) is 14.4. The second-order valence-corrected chi connectivity index (χ2v) is 4.05. The predicted octanol–water partition coefficient (Wildman–Crippen LogP) is 1.96. The standard InChI is InChI=1S/C12H21ClNO/c1-4-7-14(8-5-2,9-6-3)11-12(15)10-13/h4-6,12,15H,1-3,7-11H2/q+1. The van der Waals surface area contributed by atoms with Crippen molar-refractivity contribution in [3.8, 4) is 0 Å². The predicted molar refractivity (Wildman–Crippen MR) is 67.0 cm³/mol. The van der Waals surface area contributed by atoms with Crippen molar-refractivity contribution in [1.82, 2.24) is 0 Å². The van der Waals surface area contributed by atoms with Crippen molar-refractivity contribution in [1.29, 1.82) is 0 Å². The highest BCUT2D eigenvalue weighted by molar-refractivity contribution is 6.18. The van der Waals surface area contributed by atoms with Gasteiger partial charge in [0.2, 0.25) is 0 Å². The van der Waals surface area contributed by atoms with Crippen LogP contribution in [0.2, 0.25) is 0 Å². The summed E-state index contributed by atoms with van der Waals surface area (Å²) in [5, 5.41) is 9.62. The summed E-state index contributed by atoms with van der Waals surface area (Å²) in [7, 11) is 0. The van der Waals surface area contributed by atoms with Gasteiger partial charge in [0, 0.05) is 0 Å². The Morgan fingerprint density at radius 1 is 1.07 bits per heavy atom. The van der Waals surface area contributed by atoms with Gasteiger partial charge in [0.15, 0.2) is 0 Å². The van der Waals surface area contributed by atoms with E-state index in [1.807, 2.05) is 18.2 Å². The lowest BCUT2D eigenvalue weighted by atomic mass is 10.2. The molecule has 1 atom stereocenters. The van der Waals surface area contributed by atoms with Crippen LogP contribution in [0.3, 0.4) is 0 Å². The van der Waals surface area contributed by atoms with Gasteiger partial charge in [0.25, 0.3) is 0 Å². The summed E-state index contributed by atoms with van der Waals surface area (Å²) in [6.45, 7) is 14.2. The molecule has 0 bridgehead atoms. The first-order valence-electron chi connectivity index (χ1n) is 5.06. The average molecular weight is 231 g/mol. The van der Waals surface area contributed by atoms with Gasteiger partial charge in [-0.1, -0.05) is 19.7 Å². The Bertz CT molecular complexity index is 189. The largest absolute Gasteiger partial charge is 0.386 e. The molecule has 0 aliphatic rings. The molecule has 0 fully saturated rings. The Labute approximate surface area is 97.8 Å². The highest BCUT2D eigenvalue weighted by Crippen LogP contribution is 2.10. The van der Waals surface area contributed by atoms with E-state index in [-0.39, 0.29) is 5.88 Å². The van der Waals surface area contributed by atoms with E-state index in [2.05, 4.69) is 19.7 Å². The molecule has 0 aromatic carbocycles. The maximum atomic E-state index is 9.62. The fraction of sp³-hybridized carbons (Fsp3) is 0.500. The molecule has 0 aromatic rings. The minimum Gasteiger partial charge on any atom is -0.386 e. The Hall–Kier alpha value is -0.570. The van der Waals surface area contributed by atoms with Crippen LogP contribution in [0, 0.1) is 0 Å². The number of hydrogen-bond acceptors (Lipinski definition) is 1. The number of aliphatic hydroxyl groups is 1. The van der Waals surface area contributed by atoms with Crippen LogP contribution in [0.1, 0.15) is 0 Å². The molecular weight excluding hydrogens is 210 g/mol. The molecule has 0 heterocycles. The molecule has 0 aliphatic carbocycles. The van der Waals surface area contributed by atoms with Gasteiger partial charge in [0.05, 0.1) is 25.5 Å². The molecule has 3 heteroatoms. The number of rotatable bonds is 9. The van der Waals surface area contributed by atoms with Crippen molar-refractivity contribution in [3.05, 3.63) is 38.0 Å². The molecule has 1 unspecified atom stereocenters. The molecule has 15 heavy (non-hydrogen) atoms. The third-order valence-electron chi connectivity index (χ3n) is 2.33. The van der Waals surface area contributed by atoms with E-state index in [4.69, 9.17) is 11.6 Å². The molecule has 2 nitrogen and oxygen atoms in total. The van der Waals surface area contributed by atoms with Gasteiger partial charge >= 0.3 is 0 Å².